The Kier molecular flexibility index (Phi) is 4.96. The maximum atomic E-state index is 13.4. The number of halogens is 2. The van der Waals surface area contributed by atoms with E-state index in [0.717, 1.165) is 49.5 Å². The quantitative estimate of drug-likeness (QED) is 0.913. The van der Waals surface area contributed by atoms with Crippen LogP contribution in [-0.2, 0) is 6.54 Å². The van der Waals surface area contributed by atoms with Gasteiger partial charge in [0.15, 0.2) is 11.6 Å². The van der Waals surface area contributed by atoms with Gasteiger partial charge in [0.25, 0.3) is 0 Å². The van der Waals surface area contributed by atoms with Gasteiger partial charge in [0.05, 0.1) is 18.3 Å². The number of likely N-dealkylation sites (tertiary alicyclic amines) is 1. The van der Waals surface area contributed by atoms with Gasteiger partial charge in [-0.1, -0.05) is 6.07 Å². The van der Waals surface area contributed by atoms with Crippen LogP contribution >= 0.6 is 0 Å². The summed E-state index contributed by atoms with van der Waals surface area (Å²) in [6.07, 6.45) is 1.28. The Morgan fingerprint density at radius 3 is 2.71 bits per heavy atom. The minimum absolute atomic E-state index is 0.294. The van der Waals surface area contributed by atoms with E-state index in [1.165, 1.54) is 6.07 Å². The average molecular weight is 335 g/mol. The summed E-state index contributed by atoms with van der Waals surface area (Å²) >= 11 is 0. The van der Waals surface area contributed by atoms with Gasteiger partial charge in [-0.3, -0.25) is 9.58 Å². The second-order valence-electron chi connectivity index (χ2n) is 6.59. The molecule has 1 aliphatic rings. The fourth-order valence-corrected chi connectivity index (χ4v) is 3.45. The number of aliphatic hydroxyl groups excluding tert-OH is 1. The highest BCUT2D eigenvalue weighted by molar-refractivity contribution is 5.20. The van der Waals surface area contributed by atoms with Gasteiger partial charge in [0.2, 0.25) is 0 Å². The van der Waals surface area contributed by atoms with Crippen LogP contribution in [0.5, 0.6) is 0 Å². The van der Waals surface area contributed by atoms with Crippen molar-refractivity contribution in [3.63, 3.8) is 0 Å². The summed E-state index contributed by atoms with van der Waals surface area (Å²) in [6, 6.07) is 5.92. The highest BCUT2D eigenvalue weighted by Crippen LogP contribution is 2.24. The van der Waals surface area contributed by atoms with Crippen LogP contribution < -0.4 is 0 Å². The van der Waals surface area contributed by atoms with Crippen molar-refractivity contribution in [1.29, 1.82) is 0 Å². The van der Waals surface area contributed by atoms with Crippen molar-refractivity contribution in [2.75, 3.05) is 13.1 Å². The van der Waals surface area contributed by atoms with Crippen LogP contribution in [0.15, 0.2) is 24.3 Å². The third-order valence-corrected chi connectivity index (χ3v) is 4.72. The number of aliphatic hydroxyl groups is 1. The van der Waals surface area contributed by atoms with Gasteiger partial charge in [-0.2, -0.15) is 5.10 Å². The molecule has 0 bridgehead atoms. The standard InChI is InChI=1S/C18H23F2N3O/c1-12-8-13(2)23(21-12)10-15-4-3-7-22(15)11-18(24)14-5-6-16(19)17(20)9-14/h5-6,8-9,15,18,24H,3-4,7,10-11H2,1-2H3. The fourth-order valence-electron chi connectivity index (χ4n) is 3.45. The minimum Gasteiger partial charge on any atom is -0.387 e. The van der Waals surface area contributed by atoms with E-state index in [0.29, 0.717) is 18.2 Å². The Bertz CT molecular complexity index is 716. The van der Waals surface area contributed by atoms with Gasteiger partial charge in [0, 0.05) is 18.3 Å². The average Bonchev–Trinajstić information content (AvgIpc) is 3.09. The third-order valence-electron chi connectivity index (χ3n) is 4.72. The second kappa shape index (κ2) is 6.99. The van der Waals surface area contributed by atoms with Crippen molar-refractivity contribution >= 4 is 0 Å². The number of benzene rings is 1. The second-order valence-corrected chi connectivity index (χ2v) is 6.59. The molecule has 130 valence electrons. The number of hydrogen-bond acceptors (Lipinski definition) is 3. The van der Waals surface area contributed by atoms with Crippen molar-refractivity contribution in [1.82, 2.24) is 14.7 Å². The Morgan fingerprint density at radius 1 is 1.25 bits per heavy atom. The maximum Gasteiger partial charge on any atom is 0.159 e. The van der Waals surface area contributed by atoms with E-state index in [9.17, 15) is 13.9 Å². The van der Waals surface area contributed by atoms with Crippen molar-refractivity contribution < 1.29 is 13.9 Å². The molecule has 1 N–H and O–H groups in total. The normalized spacial score (nSPS) is 19.8. The van der Waals surface area contributed by atoms with E-state index in [-0.39, 0.29) is 0 Å². The molecular formula is C18H23F2N3O. The predicted molar refractivity (Wildman–Crippen MR) is 87.6 cm³/mol. The first-order chi connectivity index (χ1) is 11.4. The first kappa shape index (κ1) is 17.0. The van der Waals surface area contributed by atoms with Gasteiger partial charge in [-0.25, -0.2) is 8.78 Å². The Labute approximate surface area is 140 Å². The molecule has 2 aromatic rings. The molecule has 0 aliphatic carbocycles. The zero-order valence-electron chi connectivity index (χ0n) is 14.0. The van der Waals surface area contributed by atoms with Crippen LogP contribution in [0, 0.1) is 25.5 Å². The molecule has 1 aliphatic heterocycles. The van der Waals surface area contributed by atoms with Crippen LogP contribution in [0.25, 0.3) is 0 Å². The molecule has 4 nitrogen and oxygen atoms in total. The lowest BCUT2D eigenvalue weighted by Gasteiger charge is -2.27. The Morgan fingerprint density at radius 2 is 2.04 bits per heavy atom. The largest absolute Gasteiger partial charge is 0.387 e. The lowest BCUT2D eigenvalue weighted by Crippen LogP contribution is -2.36. The molecule has 2 unspecified atom stereocenters. The summed E-state index contributed by atoms with van der Waals surface area (Å²) in [5.41, 5.74) is 2.53. The molecule has 3 rings (SSSR count). The number of hydrogen-bond donors (Lipinski definition) is 1. The topological polar surface area (TPSA) is 41.3 Å². The monoisotopic (exact) mass is 335 g/mol. The molecule has 24 heavy (non-hydrogen) atoms. The molecule has 2 atom stereocenters. The first-order valence-corrected chi connectivity index (χ1v) is 8.32. The summed E-state index contributed by atoms with van der Waals surface area (Å²) < 4.78 is 28.4. The minimum atomic E-state index is -0.924. The van der Waals surface area contributed by atoms with E-state index in [4.69, 9.17) is 0 Å². The summed E-state index contributed by atoms with van der Waals surface area (Å²) in [4.78, 5) is 2.21. The van der Waals surface area contributed by atoms with E-state index in [1.807, 2.05) is 18.5 Å². The van der Waals surface area contributed by atoms with E-state index in [2.05, 4.69) is 16.1 Å². The van der Waals surface area contributed by atoms with Crippen molar-refractivity contribution in [2.24, 2.45) is 0 Å². The Balaban J connectivity index is 1.66. The lowest BCUT2D eigenvalue weighted by atomic mass is 10.1. The van der Waals surface area contributed by atoms with Crippen molar-refractivity contribution in [3.05, 3.63) is 52.9 Å². The highest BCUT2D eigenvalue weighted by atomic mass is 19.2. The molecule has 0 radical (unpaired) electrons. The zero-order chi connectivity index (χ0) is 17.3. The van der Waals surface area contributed by atoms with Crippen LogP contribution in [0.2, 0.25) is 0 Å². The van der Waals surface area contributed by atoms with Gasteiger partial charge in [-0.05, 0) is 57.0 Å². The molecule has 6 heteroatoms. The van der Waals surface area contributed by atoms with Crippen LogP contribution in [-0.4, -0.2) is 38.9 Å². The fraction of sp³-hybridized carbons (Fsp3) is 0.500. The smallest absolute Gasteiger partial charge is 0.159 e. The molecular weight excluding hydrogens is 312 g/mol. The zero-order valence-corrected chi connectivity index (χ0v) is 14.0. The van der Waals surface area contributed by atoms with Crippen molar-refractivity contribution in [3.8, 4) is 0 Å². The molecule has 0 spiro atoms. The number of β-amino-alcohol motifs (C(OH)–C–C–N with tert-alkyl or cyclic N) is 1. The number of aromatic nitrogens is 2. The number of aryl methyl sites for hydroxylation is 2. The number of nitrogens with zero attached hydrogens (tertiary/aromatic N) is 3. The van der Waals surface area contributed by atoms with Gasteiger partial charge >= 0.3 is 0 Å². The van der Waals surface area contributed by atoms with Gasteiger partial charge in [-0.15, -0.1) is 0 Å². The molecule has 0 saturated carbocycles. The van der Waals surface area contributed by atoms with E-state index in [1.54, 1.807) is 0 Å². The highest BCUT2D eigenvalue weighted by Gasteiger charge is 2.27. The van der Waals surface area contributed by atoms with Crippen LogP contribution in [0.4, 0.5) is 8.78 Å². The lowest BCUT2D eigenvalue weighted by molar-refractivity contribution is 0.0999. The number of rotatable bonds is 5. The van der Waals surface area contributed by atoms with Crippen LogP contribution in [0.3, 0.4) is 0 Å². The van der Waals surface area contributed by atoms with E-state index < -0.39 is 17.7 Å². The summed E-state index contributed by atoms with van der Waals surface area (Å²) in [6.45, 7) is 6.10. The summed E-state index contributed by atoms with van der Waals surface area (Å²) in [5.74, 6) is -1.82. The first-order valence-electron chi connectivity index (χ1n) is 8.32. The SMILES string of the molecule is Cc1cc(C)n(CC2CCCN2CC(O)c2ccc(F)c(F)c2)n1. The van der Waals surface area contributed by atoms with Crippen molar-refractivity contribution in [2.45, 2.75) is 45.4 Å². The molecule has 1 aromatic carbocycles. The Hall–Kier alpha value is -1.79. The summed E-state index contributed by atoms with van der Waals surface area (Å²) in [5, 5.41) is 14.9. The molecule has 2 heterocycles. The molecule has 1 aromatic heterocycles. The predicted octanol–water partition coefficient (Wildman–Crippen LogP) is 2.98. The maximum absolute atomic E-state index is 13.4. The van der Waals surface area contributed by atoms with Gasteiger partial charge < -0.3 is 5.11 Å². The summed E-state index contributed by atoms with van der Waals surface area (Å²) in [7, 11) is 0. The molecule has 1 saturated heterocycles. The van der Waals surface area contributed by atoms with E-state index >= 15 is 0 Å². The van der Waals surface area contributed by atoms with Gasteiger partial charge in [0.1, 0.15) is 0 Å². The van der Waals surface area contributed by atoms with Crippen LogP contribution in [0.1, 0.15) is 35.9 Å². The molecule has 1 fully saturated rings. The molecule has 0 amide bonds. The third kappa shape index (κ3) is 3.65.